The first-order chi connectivity index (χ1) is 10.00. The third-order valence-corrected chi connectivity index (χ3v) is 4.43. The molecule has 0 aromatic carbocycles. The number of esters is 1. The second-order valence-electron chi connectivity index (χ2n) is 5.67. The molecule has 1 atom stereocenters. The zero-order valence-corrected chi connectivity index (χ0v) is 12.2. The molecule has 1 saturated carbocycles. The number of amides is 1. The van der Waals surface area contributed by atoms with Gasteiger partial charge in [-0.2, -0.15) is 0 Å². The summed E-state index contributed by atoms with van der Waals surface area (Å²) < 4.78 is 9.90. The zero-order valence-electron chi connectivity index (χ0n) is 12.2. The van der Waals surface area contributed by atoms with Crippen molar-refractivity contribution in [3.05, 3.63) is 0 Å². The molecule has 0 spiro atoms. The van der Waals surface area contributed by atoms with Crippen LogP contribution in [0.4, 0.5) is 0 Å². The molecule has 1 N–H and O–H groups in total. The van der Waals surface area contributed by atoms with Crippen LogP contribution in [-0.4, -0.2) is 60.8 Å². The lowest BCUT2D eigenvalue weighted by molar-refractivity contribution is -0.164. The number of carboxylic acid groups (broad SMARTS) is 1. The molecular weight excluding hydrogens is 278 g/mol. The van der Waals surface area contributed by atoms with Crippen molar-refractivity contribution in [3.8, 4) is 0 Å². The molecule has 7 nitrogen and oxygen atoms in total. The summed E-state index contributed by atoms with van der Waals surface area (Å²) in [6.07, 6.45) is 2.62. The molecule has 1 unspecified atom stereocenters. The van der Waals surface area contributed by atoms with Crippen molar-refractivity contribution >= 4 is 17.8 Å². The average molecular weight is 299 g/mol. The standard InChI is InChI=1S/C14H21NO6/c1-20-12(17)10-9-21-7-6-15(10)11(16)8-14(13(18)19)4-2-3-5-14/h10H,2-9H2,1H3,(H,18,19). The molecule has 1 saturated heterocycles. The number of rotatable bonds is 4. The number of ether oxygens (including phenoxy) is 2. The summed E-state index contributed by atoms with van der Waals surface area (Å²) in [6.45, 7) is 0.728. The number of nitrogens with zero attached hydrogens (tertiary/aromatic N) is 1. The van der Waals surface area contributed by atoms with Crippen LogP contribution in [0.1, 0.15) is 32.1 Å². The van der Waals surface area contributed by atoms with Gasteiger partial charge in [0.05, 0.1) is 25.7 Å². The molecule has 7 heteroatoms. The number of aliphatic carboxylic acids is 1. The number of morpholine rings is 1. The molecule has 0 aromatic heterocycles. The van der Waals surface area contributed by atoms with E-state index in [1.807, 2.05) is 0 Å². The van der Waals surface area contributed by atoms with Gasteiger partial charge in [0.2, 0.25) is 5.91 Å². The van der Waals surface area contributed by atoms with E-state index in [1.54, 1.807) is 0 Å². The molecule has 2 aliphatic rings. The van der Waals surface area contributed by atoms with E-state index >= 15 is 0 Å². The van der Waals surface area contributed by atoms with Crippen molar-refractivity contribution in [3.63, 3.8) is 0 Å². The number of carboxylic acids is 1. The van der Waals surface area contributed by atoms with Crippen LogP contribution in [0.2, 0.25) is 0 Å². The molecule has 1 amide bonds. The predicted molar refractivity (Wildman–Crippen MR) is 71.5 cm³/mol. The van der Waals surface area contributed by atoms with Gasteiger partial charge in [0, 0.05) is 13.0 Å². The van der Waals surface area contributed by atoms with Crippen molar-refractivity contribution in [2.75, 3.05) is 26.9 Å². The van der Waals surface area contributed by atoms with Crippen molar-refractivity contribution in [1.82, 2.24) is 4.90 Å². The summed E-state index contributed by atoms with van der Waals surface area (Å²) in [6, 6.07) is -0.775. The number of carbonyl (C=O) groups is 3. The highest BCUT2D eigenvalue weighted by Gasteiger charge is 2.45. The smallest absolute Gasteiger partial charge is 0.331 e. The summed E-state index contributed by atoms with van der Waals surface area (Å²) >= 11 is 0. The van der Waals surface area contributed by atoms with E-state index in [4.69, 9.17) is 4.74 Å². The minimum absolute atomic E-state index is 0.0597. The van der Waals surface area contributed by atoms with Crippen LogP contribution in [-0.2, 0) is 23.9 Å². The minimum atomic E-state index is -0.976. The van der Waals surface area contributed by atoms with Crippen LogP contribution < -0.4 is 0 Å². The molecule has 2 rings (SSSR count). The van der Waals surface area contributed by atoms with E-state index in [-0.39, 0.29) is 25.5 Å². The Morgan fingerprint density at radius 2 is 2.00 bits per heavy atom. The van der Waals surface area contributed by atoms with Crippen LogP contribution in [0, 0.1) is 5.41 Å². The van der Waals surface area contributed by atoms with Gasteiger partial charge in [-0.25, -0.2) is 4.79 Å². The van der Waals surface area contributed by atoms with E-state index in [9.17, 15) is 19.5 Å². The molecule has 1 aliphatic heterocycles. The molecular formula is C14H21NO6. The lowest BCUT2D eigenvalue weighted by Gasteiger charge is -2.35. The third kappa shape index (κ3) is 3.18. The highest BCUT2D eigenvalue weighted by Crippen LogP contribution is 2.42. The highest BCUT2D eigenvalue weighted by atomic mass is 16.5. The molecule has 2 fully saturated rings. The fourth-order valence-electron chi connectivity index (χ4n) is 3.14. The van der Waals surface area contributed by atoms with E-state index in [2.05, 4.69) is 4.74 Å². The topological polar surface area (TPSA) is 93.1 Å². The molecule has 1 aliphatic carbocycles. The molecule has 0 radical (unpaired) electrons. The van der Waals surface area contributed by atoms with Gasteiger partial charge in [0.1, 0.15) is 0 Å². The Bertz CT molecular complexity index is 429. The number of methoxy groups -OCH3 is 1. The average Bonchev–Trinajstić information content (AvgIpc) is 2.96. The Kier molecular flexibility index (Phi) is 4.82. The number of hydrogen-bond acceptors (Lipinski definition) is 5. The lowest BCUT2D eigenvalue weighted by atomic mass is 9.82. The van der Waals surface area contributed by atoms with Crippen molar-refractivity contribution < 1.29 is 29.0 Å². The van der Waals surface area contributed by atoms with Crippen LogP contribution in [0.15, 0.2) is 0 Å². The Morgan fingerprint density at radius 1 is 1.33 bits per heavy atom. The summed E-state index contributed by atoms with van der Waals surface area (Å²) in [4.78, 5) is 37.1. The summed E-state index contributed by atoms with van der Waals surface area (Å²) in [5.74, 6) is -1.76. The van der Waals surface area contributed by atoms with E-state index in [0.29, 0.717) is 19.4 Å². The van der Waals surface area contributed by atoms with Gasteiger partial charge >= 0.3 is 11.9 Å². The van der Waals surface area contributed by atoms with E-state index < -0.39 is 23.4 Å². The van der Waals surface area contributed by atoms with Gasteiger partial charge in [-0.1, -0.05) is 12.8 Å². The quantitative estimate of drug-likeness (QED) is 0.756. The van der Waals surface area contributed by atoms with Crippen molar-refractivity contribution in [2.45, 2.75) is 38.1 Å². The summed E-state index contributed by atoms with van der Waals surface area (Å²) in [5, 5.41) is 9.45. The van der Waals surface area contributed by atoms with Gasteiger partial charge in [-0.05, 0) is 12.8 Å². The largest absolute Gasteiger partial charge is 0.481 e. The predicted octanol–water partition coefficient (Wildman–Crippen LogP) is 0.422. The molecule has 0 bridgehead atoms. The second-order valence-corrected chi connectivity index (χ2v) is 5.67. The molecule has 118 valence electrons. The molecule has 0 aromatic rings. The first-order valence-electron chi connectivity index (χ1n) is 7.18. The lowest BCUT2D eigenvalue weighted by Crippen LogP contribution is -2.54. The highest BCUT2D eigenvalue weighted by molar-refractivity contribution is 5.88. The SMILES string of the molecule is COC(=O)C1COCCN1C(=O)CC1(C(=O)O)CCCC1. The fourth-order valence-corrected chi connectivity index (χ4v) is 3.14. The van der Waals surface area contributed by atoms with Gasteiger partial charge in [0.15, 0.2) is 6.04 Å². The van der Waals surface area contributed by atoms with Crippen molar-refractivity contribution in [1.29, 1.82) is 0 Å². The third-order valence-electron chi connectivity index (χ3n) is 4.43. The maximum absolute atomic E-state index is 12.5. The van der Waals surface area contributed by atoms with E-state index in [0.717, 1.165) is 12.8 Å². The maximum Gasteiger partial charge on any atom is 0.331 e. The monoisotopic (exact) mass is 299 g/mol. The van der Waals surface area contributed by atoms with Crippen LogP contribution >= 0.6 is 0 Å². The first-order valence-corrected chi connectivity index (χ1v) is 7.18. The van der Waals surface area contributed by atoms with Crippen LogP contribution in [0.3, 0.4) is 0 Å². The van der Waals surface area contributed by atoms with Gasteiger partial charge < -0.3 is 19.5 Å². The zero-order chi connectivity index (χ0) is 15.5. The number of hydrogen-bond donors (Lipinski definition) is 1. The van der Waals surface area contributed by atoms with Gasteiger partial charge in [-0.15, -0.1) is 0 Å². The fraction of sp³-hybridized carbons (Fsp3) is 0.786. The Labute approximate surface area is 123 Å². The first kappa shape index (κ1) is 15.8. The Morgan fingerprint density at radius 3 is 2.57 bits per heavy atom. The summed E-state index contributed by atoms with van der Waals surface area (Å²) in [5.41, 5.74) is -0.976. The normalized spacial score (nSPS) is 24.6. The number of carbonyl (C=O) groups excluding carboxylic acids is 2. The van der Waals surface area contributed by atoms with Gasteiger partial charge in [0.25, 0.3) is 0 Å². The van der Waals surface area contributed by atoms with Crippen LogP contribution in [0.5, 0.6) is 0 Å². The molecule has 21 heavy (non-hydrogen) atoms. The Balaban J connectivity index is 2.10. The summed E-state index contributed by atoms with van der Waals surface area (Å²) in [7, 11) is 1.26. The maximum atomic E-state index is 12.5. The molecule has 1 heterocycles. The van der Waals surface area contributed by atoms with Crippen molar-refractivity contribution in [2.24, 2.45) is 5.41 Å². The second kappa shape index (κ2) is 6.43. The minimum Gasteiger partial charge on any atom is -0.481 e. The van der Waals surface area contributed by atoms with E-state index in [1.165, 1.54) is 12.0 Å². The van der Waals surface area contributed by atoms with Crippen LogP contribution in [0.25, 0.3) is 0 Å². The Hall–Kier alpha value is -1.63. The van der Waals surface area contributed by atoms with Gasteiger partial charge in [-0.3, -0.25) is 9.59 Å².